The van der Waals surface area contributed by atoms with E-state index in [1.165, 1.54) is 68.1 Å². The molecule has 154 valence electrons. The Hall–Kier alpha value is -1.48. The van der Waals surface area contributed by atoms with Gasteiger partial charge in [-0.05, 0) is 48.9 Å². The van der Waals surface area contributed by atoms with Crippen LogP contribution < -0.4 is 0 Å². The molecule has 28 heavy (non-hydrogen) atoms. The third-order valence-electron chi connectivity index (χ3n) is 4.80. The highest BCUT2D eigenvalue weighted by atomic mass is 28.3. The first kappa shape index (κ1) is 24.6. The van der Waals surface area contributed by atoms with E-state index in [1.807, 2.05) is 0 Å². The Morgan fingerprint density at radius 2 is 1.25 bits per heavy atom. The van der Waals surface area contributed by atoms with E-state index in [-0.39, 0.29) is 6.61 Å². The summed E-state index contributed by atoms with van der Waals surface area (Å²) in [6, 6.07) is 4.56. The third-order valence-corrected chi connectivity index (χ3v) is 5.68. The van der Waals surface area contributed by atoms with E-state index in [9.17, 15) is 5.11 Å². The molecule has 0 saturated carbocycles. The smallest absolute Gasteiger partial charge is 0.129 e. The van der Waals surface area contributed by atoms with Crippen molar-refractivity contribution < 1.29 is 5.11 Å². The first-order valence-corrected chi connectivity index (χ1v) is 14.7. The first-order chi connectivity index (χ1) is 13.4. The predicted molar refractivity (Wildman–Crippen MR) is 126 cm³/mol. The van der Waals surface area contributed by atoms with Crippen molar-refractivity contribution in [2.24, 2.45) is 0 Å². The van der Waals surface area contributed by atoms with Crippen LogP contribution >= 0.6 is 0 Å². The largest absolute Gasteiger partial charge is 0.384 e. The average Bonchev–Trinajstić information content (AvgIpc) is 2.65. The molecule has 0 fully saturated rings. The van der Waals surface area contributed by atoms with Crippen molar-refractivity contribution in [3.8, 4) is 23.3 Å². The fourth-order valence-electron chi connectivity index (χ4n) is 3.21. The van der Waals surface area contributed by atoms with Gasteiger partial charge in [0, 0.05) is 11.1 Å². The Balaban J connectivity index is 3.22. The number of aliphatic hydroxyl groups excluding tert-OH is 1. The second kappa shape index (κ2) is 13.7. The Kier molecular flexibility index (Phi) is 12.0. The molecule has 0 unspecified atom stereocenters. The molecular formula is C26H40OSi. The van der Waals surface area contributed by atoms with E-state index in [0.29, 0.717) is 0 Å². The number of hydrogen-bond acceptors (Lipinski definition) is 1. The van der Waals surface area contributed by atoms with Gasteiger partial charge in [-0.3, -0.25) is 0 Å². The van der Waals surface area contributed by atoms with Gasteiger partial charge in [-0.1, -0.05) is 89.8 Å². The van der Waals surface area contributed by atoms with Crippen molar-refractivity contribution in [2.45, 2.75) is 97.7 Å². The molecule has 0 aliphatic rings. The Morgan fingerprint density at radius 3 is 1.68 bits per heavy atom. The molecule has 0 atom stereocenters. The third kappa shape index (κ3) is 10.2. The molecule has 0 amide bonds. The molecule has 0 radical (unpaired) electrons. The molecule has 0 aromatic heterocycles. The summed E-state index contributed by atoms with van der Waals surface area (Å²) in [5.41, 5.74) is 8.49. The number of rotatable bonds is 10. The standard InChI is InChI=1S/C26H40OSi/c1-6-8-10-12-15-23-22-26(18-20-28(3,4)5)24(16-13-11-9-7-2)21-25(23)17-14-19-27/h21-22,27H,6-13,15-16,19H2,1-5H3. The summed E-state index contributed by atoms with van der Waals surface area (Å²) in [5, 5.41) is 9.17. The van der Waals surface area contributed by atoms with Crippen LogP contribution in [0.15, 0.2) is 12.1 Å². The molecule has 1 aromatic carbocycles. The minimum Gasteiger partial charge on any atom is -0.384 e. The van der Waals surface area contributed by atoms with E-state index in [2.05, 4.69) is 68.9 Å². The minimum absolute atomic E-state index is 0.0850. The summed E-state index contributed by atoms with van der Waals surface area (Å²) in [7, 11) is -1.42. The van der Waals surface area contributed by atoms with Crippen LogP contribution in [0, 0.1) is 23.3 Å². The maximum Gasteiger partial charge on any atom is 0.129 e. The number of hydrogen-bond donors (Lipinski definition) is 1. The van der Waals surface area contributed by atoms with Gasteiger partial charge < -0.3 is 5.11 Å². The number of aliphatic hydroxyl groups is 1. The maximum absolute atomic E-state index is 9.17. The van der Waals surface area contributed by atoms with Gasteiger partial charge >= 0.3 is 0 Å². The normalized spacial score (nSPS) is 10.8. The number of benzene rings is 1. The van der Waals surface area contributed by atoms with Crippen molar-refractivity contribution in [3.63, 3.8) is 0 Å². The Morgan fingerprint density at radius 1 is 0.750 bits per heavy atom. The molecule has 1 N–H and O–H groups in total. The summed E-state index contributed by atoms with van der Waals surface area (Å²) in [5.74, 6) is 9.60. The van der Waals surface area contributed by atoms with Crippen molar-refractivity contribution in [1.29, 1.82) is 0 Å². The average molecular weight is 397 g/mol. The van der Waals surface area contributed by atoms with Crippen molar-refractivity contribution >= 4 is 8.07 Å². The number of aryl methyl sites for hydroxylation is 2. The lowest BCUT2D eigenvalue weighted by atomic mass is 9.92. The van der Waals surface area contributed by atoms with Crippen molar-refractivity contribution in [2.75, 3.05) is 6.61 Å². The molecule has 1 nitrogen and oxygen atoms in total. The molecule has 1 aromatic rings. The van der Waals surface area contributed by atoms with Gasteiger partial charge in [-0.2, -0.15) is 0 Å². The van der Waals surface area contributed by atoms with E-state index < -0.39 is 8.07 Å². The molecule has 0 spiro atoms. The summed E-state index contributed by atoms with van der Waals surface area (Å²) in [6.07, 6.45) is 12.1. The molecular weight excluding hydrogens is 356 g/mol. The van der Waals surface area contributed by atoms with Gasteiger partial charge in [-0.25, -0.2) is 0 Å². The van der Waals surface area contributed by atoms with Crippen molar-refractivity contribution in [3.05, 3.63) is 34.4 Å². The van der Waals surface area contributed by atoms with Crippen LogP contribution in [0.25, 0.3) is 0 Å². The quantitative estimate of drug-likeness (QED) is 0.272. The lowest BCUT2D eigenvalue weighted by molar-refractivity contribution is 0.350. The molecule has 0 aliphatic carbocycles. The first-order valence-electron chi connectivity index (χ1n) is 11.2. The predicted octanol–water partition coefficient (Wildman–Crippen LogP) is 6.50. The van der Waals surface area contributed by atoms with E-state index in [0.717, 1.165) is 18.4 Å². The summed E-state index contributed by atoms with van der Waals surface area (Å²) in [4.78, 5) is 0. The lowest BCUT2D eigenvalue weighted by Crippen LogP contribution is -2.16. The topological polar surface area (TPSA) is 20.2 Å². The Labute approximate surface area is 175 Å². The van der Waals surface area contributed by atoms with Crippen LogP contribution in [0.4, 0.5) is 0 Å². The second-order valence-corrected chi connectivity index (χ2v) is 13.5. The van der Waals surface area contributed by atoms with Crippen LogP contribution in [0.3, 0.4) is 0 Å². The van der Waals surface area contributed by atoms with Crippen LogP contribution in [-0.2, 0) is 12.8 Å². The molecule has 0 aliphatic heterocycles. The molecule has 0 saturated heterocycles. The maximum atomic E-state index is 9.17. The minimum atomic E-state index is -1.42. The van der Waals surface area contributed by atoms with Gasteiger partial charge in [0.05, 0.1) is 0 Å². The van der Waals surface area contributed by atoms with Crippen molar-refractivity contribution in [1.82, 2.24) is 0 Å². The SMILES string of the molecule is CCCCCCc1cc(C#C[Si](C)(C)C)c(CCCCCC)cc1C#CCO. The highest BCUT2D eigenvalue weighted by molar-refractivity contribution is 6.83. The van der Waals surface area contributed by atoms with E-state index in [1.54, 1.807) is 0 Å². The van der Waals surface area contributed by atoms with E-state index in [4.69, 9.17) is 0 Å². The molecule has 2 heteroatoms. The fraction of sp³-hybridized carbons (Fsp3) is 0.615. The lowest BCUT2D eigenvalue weighted by Gasteiger charge is -2.12. The highest BCUT2D eigenvalue weighted by Gasteiger charge is 2.11. The molecule has 0 bridgehead atoms. The van der Waals surface area contributed by atoms with Gasteiger partial charge in [-0.15, -0.1) is 5.54 Å². The van der Waals surface area contributed by atoms with Crippen LogP contribution in [0.2, 0.25) is 19.6 Å². The molecule has 1 rings (SSSR count). The zero-order chi connectivity index (χ0) is 20.8. The summed E-state index contributed by atoms with van der Waals surface area (Å²) < 4.78 is 0. The zero-order valence-electron chi connectivity index (χ0n) is 18.9. The molecule has 0 heterocycles. The van der Waals surface area contributed by atoms with E-state index >= 15 is 0 Å². The summed E-state index contributed by atoms with van der Waals surface area (Å²) in [6.45, 7) is 11.3. The van der Waals surface area contributed by atoms with Gasteiger partial charge in [0.1, 0.15) is 14.7 Å². The van der Waals surface area contributed by atoms with Gasteiger partial charge in [0.2, 0.25) is 0 Å². The van der Waals surface area contributed by atoms with Gasteiger partial charge in [0.15, 0.2) is 0 Å². The second-order valence-electron chi connectivity index (χ2n) is 8.75. The van der Waals surface area contributed by atoms with Crippen LogP contribution in [-0.4, -0.2) is 19.8 Å². The highest BCUT2D eigenvalue weighted by Crippen LogP contribution is 2.21. The Bertz CT molecular complexity index is 704. The van der Waals surface area contributed by atoms with Gasteiger partial charge in [0.25, 0.3) is 0 Å². The van der Waals surface area contributed by atoms with Crippen LogP contribution in [0.1, 0.15) is 87.5 Å². The zero-order valence-corrected chi connectivity index (χ0v) is 19.9. The summed E-state index contributed by atoms with van der Waals surface area (Å²) >= 11 is 0. The van der Waals surface area contributed by atoms with Crippen LogP contribution in [0.5, 0.6) is 0 Å². The fourth-order valence-corrected chi connectivity index (χ4v) is 3.72. The monoisotopic (exact) mass is 396 g/mol. The number of unbranched alkanes of at least 4 members (excludes halogenated alkanes) is 6.